The van der Waals surface area contributed by atoms with Gasteiger partial charge in [0.05, 0.1) is 41.4 Å². The summed E-state index contributed by atoms with van der Waals surface area (Å²) in [7, 11) is 1.60. The number of carbonyl (C=O) groups excluding carboxylic acids is 1. The molecule has 1 N–H and O–H groups in total. The van der Waals surface area contributed by atoms with E-state index in [1.807, 2.05) is 36.1 Å². The summed E-state index contributed by atoms with van der Waals surface area (Å²) >= 11 is 0. The van der Waals surface area contributed by atoms with E-state index in [0.29, 0.717) is 55.6 Å². The monoisotopic (exact) mass is 497 g/mol. The van der Waals surface area contributed by atoms with Crippen LogP contribution in [-0.4, -0.2) is 65.2 Å². The zero-order valence-corrected chi connectivity index (χ0v) is 21.3. The van der Waals surface area contributed by atoms with Crippen molar-refractivity contribution < 1.29 is 9.53 Å². The van der Waals surface area contributed by atoms with Crippen LogP contribution in [0.15, 0.2) is 37.0 Å². The number of anilines is 3. The molecule has 5 rings (SSSR count). The minimum Gasteiger partial charge on any atom is -0.384 e. The Kier molecular flexibility index (Phi) is 7.01. The fourth-order valence-corrected chi connectivity index (χ4v) is 4.89. The number of ether oxygens (including phenoxy) is 1. The van der Waals surface area contributed by atoms with Crippen molar-refractivity contribution in [2.24, 2.45) is 0 Å². The molecule has 1 aliphatic heterocycles. The second-order valence-electron chi connectivity index (χ2n) is 9.60. The Morgan fingerprint density at radius 2 is 2.14 bits per heavy atom. The van der Waals surface area contributed by atoms with Gasteiger partial charge in [-0.3, -0.25) is 4.79 Å². The van der Waals surface area contributed by atoms with Crippen LogP contribution in [0.5, 0.6) is 0 Å². The van der Waals surface area contributed by atoms with Crippen LogP contribution in [0.1, 0.15) is 49.1 Å². The standard InChI is InChI=1S/C28H31N7O2/c1-4-21-15-23(22-6-5-10-30-27(22)31-21)32-24-14-20(16-29)28(33-26(24)19-7-8-19)34-11-12-35(18(2)17-34)25(36)9-13-37-3/h4-6,10,14-15,18-19H,1,7-9,11-13,17H2,2-3H3,(H,30,31,32)/t18-/m1/s1. The van der Waals surface area contributed by atoms with Gasteiger partial charge in [-0.2, -0.15) is 5.26 Å². The summed E-state index contributed by atoms with van der Waals surface area (Å²) in [6, 6.07) is 10.1. The summed E-state index contributed by atoms with van der Waals surface area (Å²) in [5.74, 6) is 1.14. The first-order valence-electron chi connectivity index (χ1n) is 12.7. The minimum atomic E-state index is 0.0154. The van der Waals surface area contributed by atoms with Crippen LogP contribution >= 0.6 is 0 Å². The number of hydrogen-bond donors (Lipinski definition) is 1. The largest absolute Gasteiger partial charge is 0.384 e. The van der Waals surface area contributed by atoms with Crippen molar-refractivity contribution in [1.29, 1.82) is 5.26 Å². The molecule has 0 spiro atoms. The van der Waals surface area contributed by atoms with E-state index in [0.717, 1.165) is 41.0 Å². The molecule has 0 aromatic carbocycles. The molecule has 0 bridgehead atoms. The van der Waals surface area contributed by atoms with E-state index in [1.54, 1.807) is 19.4 Å². The molecule has 1 saturated heterocycles. The molecule has 4 heterocycles. The lowest BCUT2D eigenvalue weighted by Gasteiger charge is -2.41. The van der Waals surface area contributed by atoms with Crippen molar-refractivity contribution in [2.45, 2.75) is 38.1 Å². The van der Waals surface area contributed by atoms with Gasteiger partial charge in [0.2, 0.25) is 5.91 Å². The van der Waals surface area contributed by atoms with E-state index in [1.165, 1.54) is 0 Å². The quantitative estimate of drug-likeness (QED) is 0.493. The first-order chi connectivity index (χ1) is 18.0. The Hall–Kier alpha value is -4.03. The molecule has 1 amide bonds. The summed E-state index contributed by atoms with van der Waals surface area (Å²) in [6.45, 7) is 8.17. The number of amides is 1. The number of nitrogens with zero attached hydrogens (tertiary/aromatic N) is 6. The van der Waals surface area contributed by atoms with Gasteiger partial charge in [0, 0.05) is 50.3 Å². The highest BCUT2D eigenvalue weighted by atomic mass is 16.5. The minimum absolute atomic E-state index is 0.0154. The fourth-order valence-electron chi connectivity index (χ4n) is 4.89. The van der Waals surface area contributed by atoms with E-state index < -0.39 is 0 Å². The SMILES string of the molecule is C=Cc1cc(Nc2cc(C#N)c(N3CCN(C(=O)CCOC)[C@H](C)C3)nc2C2CC2)c2cccnc2n1. The third kappa shape index (κ3) is 5.11. The molecule has 0 radical (unpaired) electrons. The number of carbonyl (C=O) groups is 1. The molecule has 0 unspecified atom stereocenters. The molecule has 9 nitrogen and oxygen atoms in total. The molecular weight excluding hydrogens is 466 g/mol. The Bertz CT molecular complexity index is 1380. The average Bonchev–Trinajstić information content (AvgIpc) is 3.76. The van der Waals surface area contributed by atoms with Crippen molar-refractivity contribution in [1.82, 2.24) is 19.9 Å². The lowest BCUT2D eigenvalue weighted by Crippen LogP contribution is -2.54. The van der Waals surface area contributed by atoms with Crippen LogP contribution in [0.3, 0.4) is 0 Å². The molecule has 37 heavy (non-hydrogen) atoms. The van der Waals surface area contributed by atoms with E-state index >= 15 is 0 Å². The van der Waals surface area contributed by atoms with Gasteiger partial charge < -0.3 is 19.9 Å². The highest BCUT2D eigenvalue weighted by Gasteiger charge is 2.33. The topological polar surface area (TPSA) is 107 Å². The Balaban J connectivity index is 1.46. The van der Waals surface area contributed by atoms with Crippen molar-refractivity contribution in [2.75, 3.05) is 43.6 Å². The fraction of sp³-hybridized carbons (Fsp3) is 0.393. The van der Waals surface area contributed by atoms with Crippen LogP contribution in [0.2, 0.25) is 0 Å². The summed E-state index contributed by atoms with van der Waals surface area (Å²) in [6.07, 6.45) is 5.94. The van der Waals surface area contributed by atoms with Gasteiger partial charge in [-0.05, 0) is 50.1 Å². The van der Waals surface area contributed by atoms with Crippen LogP contribution in [-0.2, 0) is 9.53 Å². The molecule has 3 aromatic rings. The van der Waals surface area contributed by atoms with Gasteiger partial charge in [0.25, 0.3) is 0 Å². The molecule has 2 fully saturated rings. The second kappa shape index (κ2) is 10.5. The van der Waals surface area contributed by atoms with Gasteiger partial charge >= 0.3 is 0 Å². The van der Waals surface area contributed by atoms with Crippen LogP contribution in [0.25, 0.3) is 17.1 Å². The lowest BCUT2D eigenvalue weighted by molar-refractivity contribution is -0.134. The van der Waals surface area contributed by atoms with E-state index in [9.17, 15) is 10.1 Å². The van der Waals surface area contributed by atoms with Gasteiger partial charge in [0.1, 0.15) is 11.9 Å². The van der Waals surface area contributed by atoms with Gasteiger partial charge in [0.15, 0.2) is 5.65 Å². The number of pyridine rings is 3. The summed E-state index contributed by atoms with van der Waals surface area (Å²) in [5, 5.41) is 14.5. The van der Waals surface area contributed by atoms with Crippen LogP contribution < -0.4 is 10.2 Å². The normalized spacial score (nSPS) is 17.5. The summed E-state index contributed by atoms with van der Waals surface area (Å²) in [4.78, 5) is 30.6. The van der Waals surface area contributed by atoms with Crippen molar-refractivity contribution in [3.8, 4) is 6.07 Å². The maximum absolute atomic E-state index is 12.6. The number of rotatable bonds is 8. The number of fused-ring (bicyclic) bond motifs is 1. The molecule has 2 aliphatic rings. The van der Waals surface area contributed by atoms with Crippen molar-refractivity contribution in [3.63, 3.8) is 0 Å². The highest BCUT2D eigenvalue weighted by molar-refractivity contribution is 5.92. The number of nitrogens with one attached hydrogen (secondary N) is 1. The highest BCUT2D eigenvalue weighted by Crippen LogP contribution is 2.45. The van der Waals surface area contributed by atoms with E-state index in [4.69, 9.17) is 9.72 Å². The molecule has 9 heteroatoms. The second-order valence-corrected chi connectivity index (χ2v) is 9.60. The molecule has 1 saturated carbocycles. The lowest BCUT2D eigenvalue weighted by atomic mass is 10.1. The number of methoxy groups -OCH3 is 1. The van der Waals surface area contributed by atoms with Gasteiger partial charge in [-0.15, -0.1) is 0 Å². The molecular formula is C28H31N7O2. The predicted octanol–water partition coefficient (Wildman–Crippen LogP) is 4.23. The van der Waals surface area contributed by atoms with Crippen LogP contribution in [0, 0.1) is 11.3 Å². The van der Waals surface area contributed by atoms with Crippen molar-refractivity contribution in [3.05, 3.63) is 54.0 Å². The average molecular weight is 498 g/mol. The van der Waals surface area contributed by atoms with Gasteiger partial charge in [-0.1, -0.05) is 6.58 Å². The number of hydrogen-bond acceptors (Lipinski definition) is 8. The number of nitriles is 1. The molecule has 190 valence electrons. The van der Waals surface area contributed by atoms with E-state index in [2.05, 4.69) is 32.8 Å². The first-order valence-corrected chi connectivity index (χ1v) is 12.7. The summed E-state index contributed by atoms with van der Waals surface area (Å²) in [5.41, 5.74) is 4.51. The van der Waals surface area contributed by atoms with Crippen LogP contribution in [0.4, 0.5) is 17.2 Å². The number of aromatic nitrogens is 3. The zero-order valence-electron chi connectivity index (χ0n) is 21.3. The molecule has 1 atom stereocenters. The Morgan fingerprint density at radius 3 is 2.84 bits per heavy atom. The number of piperazine rings is 1. The molecule has 3 aromatic heterocycles. The maximum atomic E-state index is 12.6. The van der Waals surface area contributed by atoms with E-state index in [-0.39, 0.29) is 11.9 Å². The zero-order chi connectivity index (χ0) is 25.9. The van der Waals surface area contributed by atoms with Gasteiger partial charge in [-0.25, -0.2) is 15.0 Å². The smallest absolute Gasteiger partial charge is 0.225 e. The molecule has 1 aliphatic carbocycles. The third-order valence-electron chi connectivity index (χ3n) is 6.97. The Morgan fingerprint density at radius 1 is 1.30 bits per heavy atom. The maximum Gasteiger partial charge on any atom is 0.225 e. The Labute approximate surface area is 216 Å². The third-order valence-corrected chi connectivity index (χ3v) is 6.97. The van der Waals surface area contributed by atoms with Crippen molar-refractivity contribution >= 4 is 40.2 Å². The first kappa shape index (κ1) is 24.7. The predicted molar refractivity (Wildman–Crippen MR) is 144 cm³/mol. The summed E-state index contributed by atoms with van der Waals surface area (Å²) < 4.78 is 5.07.